The van der Waals surface area contributed by atoms with Crippen LogP contribution in [0.5, 0.6) is 0 Å². The number of hydrogen-bond acceptors (Lipinski definition) is 3. The van der Waals surface area contributed by atoms with Crippen molar-refractivity contribution in [1.29, 1.82) is 0 Å². The Hall–Kier alpha value is -1.58. The lowest BCUT2D eigenvalue weighted by molar-refractivity contribution is 0.337. The number of nitrogens with one attached hydrogen (secondary N) is 2. The summed E-state index contributed by atoms with van der Waals surface area (Å²) in [5.74, 6) is 1.57. The first kappa shape index (κ1) is 19.7. The molecule has 0 fully saturated rings. The monoisotopic (exact) mass is 359 g/mol. The Balaban J connectivity index is 0.000000386. The summed E-state index contributed by atoms with van der Waals surface area (Å²) < 4.78 is 0. The van der Waals surface area contributed by atoms with Crippen molar-refractivity contribution in [2.24, 2.45) is 10.9 Å². The van der Waals surface area contributed by atoms with Crippen molar-refractivity contribution in [3.8, 4) is 0 Å². The van der Waals surface area contributed by atoms with Crippen LogP contribution in [-0.2, 0) is 0 Å². The van der Waals surface area contributed by atoms with Gasteiger partial charge in [0.05, 0.1) is 0 Å². The third-order valence-corrected chi connectivity index (χ3v) is 4.63. The Bertz CT molecular complexity index is 597. The van der Waals surface area contributed by atoms with Crippen molar-refractivity contribution in [2.45, 2.75) is 45.7 Å². The Kier molecular flexibility index (Phi) is 8.78. The first-order valence-corrected chi connectivity index (χ1v) is 9.75. The van der Waals surface area contributed by atoms with Gasteiger partial charge < -0.3 is 10.6 Å². The van der Waals surface area contributed by atoms with Gasteiger partial charge in [0.15, 0.2) is 0 Å². The maximum atomic E-state index is 6.00. The molecule has 2 atom stereocenters. The number of rotatable bonds is 8. The summed E-state index contributed by atoms with van der Waals surface area (Å²) >= 11 is 6.00. The molecular formula is C21H30ClN3. The highest BCUT2D eigenvalue weighted by atomic mass is 35.5. The highest BCUT2D eigenvalue weighted by Gasteiger charge is 2.27. The molecule has 3 rings (SSSR count). The van der Waals surface area contributed by atoms with Gasteiger partial charge in [-0.2, -0.15) is 0 Å². The summed E-state index contributed by atoms with van der Waals surface area (Å²) in [7, 11) is 0. The molecule has 2 unspecified atom stereocenters. The second-order valence-electron chi connectivity index (χ2n) is 6.38. The Labute approximate surface area is 157 Å². The number of aliphatic imine (C=N–C) groups is 1. The van der Waals surface area contributed by atoms with Gasteiger partial charge in [-0.05, 0) is 50.9 Å². The molecule has 0 saturated carbocycles. The largest absolute Gasteiger partial charge is 0.348 e. The third-order valence-electron chi connectivity index (χ3n) is 4.40. The minimum Gasteiger partial charge on any atom is -0.348 e. The Morgan fingerprint density at radius 3 is 2.56 bits per heavy atom. The van der Waals surface area contributed by atoms with Gasteiger partial charge in [-0.1, -0.05) is 61.9 Å². The van der Waals surface area contributed by atoms with Crippen LogP contribution in [0.15, 0.2) is 53.6 Å². The van der Waals surface area contributed by atoms with Crippen LogP contribution in [0, 0.1) is 5.92 Å². The minimum atomic E-state index is 0.261. The van der Waals surface area contributed by atoms with Gasteiger partial charge >= 0.3 is 0 Å². The summed E-state index contributed by atoms with van der Waals surface area (Å²) in [6.07, 6.45) is 13.3. The van der Waals surface area contributed by atoms with Crippen molar-refractivity contribution in [3.63, 3.8) is 0 Å². The second kappa shape index (κ2) is 11.1. The molecule has 1 aromatic carbocycles. The standard InChI is InChI=1S/C16H24ClN3.C5H6/c1-3-9-18-10-8-12(4-2)15-19-16(20-15)13-6-5-7-14(17)11-13;1-2-4-5-3-1/h5-7,11-12,15,18H,3-4,8-10H2,1-2H3,(H,19,20);1-4H,5H2. The third kappa shape index (κ3) is 6.68. The van der Waals surface area contributed by atoms with Crippen LogP contribution in [0.1, 0.15) is 45.1 Å². The number of benzene rings is 1. The Morgan fingerprint density at radius 1 is 1.24 bits per heavy atom. The molecule has 0 amide bonds. The SMILES string of the molecule is C1=CCC=C1.CCCNCCC(CC)C1N=C(c2cccc(Cl)c2)N1. The predicted octanol–water partition coefficient (Wildman–Crippen LogP) is 4.93. The lowest BCUT2D eigenvalue weighted by atomic mass is 9.96. The quantitative estimate of drug-likeness (QED) is 0.645. The van der Waals surface area contributed by atoms with E-state index in [1.165, 1.54) is 12.8 Å². The van der Waals surface area contributed by atoms with Gasteiger partial charge in [0.25, 0.3) is 0 Å². The Morgan fingerprint density at radius 2 is 2.00 bits per heavy atom. The molecule has 1 aliphatic carbocycles. The van der Waals surface area contributed by atoms with Crippen LogP contribution in [-0.4, -0.2) is 25.1 Å². The highest BCUT2D eigenvalue weighted by Crippen LogP contribution is 2.22. The normalized spacial score (nSPS) is 18.7. The average Bonchev–Trinajstić information content (AvgIpc) is 3.15. The zero-order chi connectivity index (χ0) is 17.9. The predicted molar refractivity (Wildman–Crippen MR) is 109 cm³/mol. The molecule has 1 aromatic rings. The van der Waals surface area contributed by atoms with Crippen LogP contribution in [0.25, 0.3) is 0 Å². The van der Waals surface area contributed by atoms with Crippen molar-refractivity contribution >= 4 is 17.4 Å². The average molecular weight is 360 g/mol. The second-order valence-corrected chi connectivity index (χ2v) is 6.81. The molecule has 0 radical (unpaired) electrons. The topological polar surface area (TPSA) is 36.4 Å². The fraction of sp³-hybridized carbons (Fsp3) is 0.476. The van der Waals surface area contributed by atoms with Crippen LogP contribution in [0.2, 0.25) is 5.02 Å². The summed E-state index contributed by atoms with van der Waals surface area (Å²) in [6, 6.07) is 7.84. The smallest absolute Gasteiger partial charge is 0.132 e. The lowest BCUT2D eigenvalue weighted by Crippen LogP contribution is -2.49. The minimum absolute atomic E-state index is 0.261. The van der Waals surface area contributed by atoms with E-state index in [1.54, 1.807) is 0 Å². The molecule has 0 spiro atoms. The summed E-state index contributed by atoms with van der Waals surface area (Å²) in [5.41, 5.74) is 1.08. The molecule has 0 aromatic heterocycles. The number of halogens is 1. The first-order valence-electron chi connectivity index (χ1n) is 9.37. The number of hydrogen-bond donors (Lipinski definition) is 2. The maximum Gasteiger partial charge on any atom is 0.132 e. The number of amidine groups is 1. The summed E-state index contributed by atoms with van der Waals surface area (Å²) in [6.45, 7) is 6.61. The van der Waals surface area contributed by atoms with E-state index in [-0.39, 0.29) is 6.17 Å². The van der Waals surface area contributed by atoms with E-state index >= 15 is 0 Å². The van der Waals surface area contributed by atoms with Crippen LogP contribution in [0.4, 0.5) is 0 Å². The fourth-order valence-electron chi connectivity index (χ4n) is 2.87. The van der Waals surface area contributed by atoms with Crippen molar-refractivity contribution in [1.82, 2.24) is 10.6 Å². The number of allylic oxidation sites excluding steroid dienone is 4. The molecule has 1 aliphatic heterocycles. The van der Waals surface area contributed by atoms with E-state index in [2.05, 4.69) is 48.8 Å². The zero-order valence-corrected chi connectivity index (χ0v) is 16.1. The van der Waals surface area contributed by atoms with E-state index in [9.17, 15) is 0 Å². The van der Waals surface area contributed by atoms with E-state index in [0.29, 0.717) is 5.92 Å². The number of nitrogens with zero attached hydrogens (tertiary/aromatic N) is 1. The lowest BCUT2D eigenvalue weighted by Gasteiger charge is -2.33. The summed E-state index contributed by atoms with van der Waals surface area (Å²) in [4.78, 5) is 4.72. The zero-order valence-electron chi connectivity index (χ0n) is 15.3. The molecule has 1 heterocycles. The molecule has 2 aliphatic rings. The van der Waals surface area contributed by atoms with Crippen molar-refractivity contribution in [3.05, 3.63) is 59.2 Å². The molecule has 4 heteroatoms. The molecular weight excluding hydrogens is 330 g/mol. The molecule has 136 valence electrons. The van der Waals surface area contributed by atoms with Crippen molar-refractivity contribution < 1.29 is 0 Å². The van der Waals surface area contributed by atoms with E-state index in [0.717, 1.165) is 42.4 Å². The molecule has 25 heavy (non-hydrogen) atoms. The van der Waals surface area contributed by atoms with Gasteiger partial charge in [-0.15, -0.1) is 0 Å². The van der Waals surface area contributed by atoms with Gasteiger partial charge in [-0.3, -0.25) is 0 Å². The van der Waals surface area contributed by atoms with Gasteiger partial charge in [0.2, 0.25) is 0 Å². The van der Waals surface area contributed by atoms with Gasteiger partial charge in [0, 0.05) is 16.5 Å². The van der Waals surface area contributed by atoms with E-state index in [1.807, 2.05) is 24.3 Å². The maximum absolute atomic E-state index is 6.00. The first-order chi connectivity index (χ1) is 12.2. The van der Waals surface area contributed by atoms with E-state index < -0.39 is 0 Å². The molecule has 0 bridgehead atoms. The summed E-state index contributed by atoms with van der Waals surface area (Å²) in [5, 5.41) is 7.69. The van der Waals surface area contributed by atoms with Gasteiger partial charge in [-0.25, -0.2) is 4.99 Å². The molecule has 3 nitrogen and oxygen atoms in total. The fourth-order valence-corrected chi connectivity index (χ4v) is 3.06. The van der Waals surface area contributed by atoms with Crippen molar-refractivity contribution in [2.75, 3.05) is 13.1 Å². The van der Waals surface area contributed by atoms with Crippen LogP contribution in [0.3, 0.4) is 0 Å². The van der Waals surface area contributed by atoms with E-state index in [4.69, 9.17) is 16.6 Å². The van der Waals surface area contributed by atoms with Crippen LogP contribution >= 0.6 is 11.6 Å². The molecule has 2 N–H and O–H groups in total. The molecule has 0 saturated heterocycles. The highest BCUT2D eigenvalue weighted by molar-refractivity contribution is 6.31. The van der Waals surface area contributed by atoms with Gasteiger partial charge in [0.1, 0.15) is 12.0 Å². The van der Waals surface area contributed by atoms with Crippen LogP contribution < -0.4 is 10.6 Å².